The Morgan fingerprint density at radius 3 is 2.74 bits per heavy atom. The minimum Gasteiger partial charge on any atom is -0.459 e. The Labute approximate surface area is 156 Å². The second-order valence-electron chi connectivity index (χ2n) is 5.69. The van der Waals surface area contributed by atoms with E-state index in [2.05, 4.69) is 20.5 Å². The molecule has 2 aromatic rings. The van der Waals surface area contributed by atoms with E-state index in [-0.39, 0.29) is 6.61 Å². The van der Waals surface area contributed by atoms with Crippen molar-refractivity contribution in [3.05, 3.63) is 65.7 Å². The lowest BCUT2D eigenvalue weighted by molar-refractivity contribution is -0.0349. The number of nitrogens with one attached hydrogen (secondary N) is 2. The van der Waals surface area contributed by atoms with Crippen LogP contribution in [0, 0.1) is 0 Å². The minimum absolute atomic E-state index is 0.0477. The summed E-state index contributed by atoms with van der Waals surface area (Å²) in [7, 11) is 1.26. The largest absolute Gasteiger partial charge is 0.459 e. The monoisotopic (exact) mass is 369 g/mol. The van der Waals surface area contributed by atoms with E-state index >= 15 is 0 Å². The standard InChI is InChI=1S/C19H19N3O5/c1-25-19(24)21-15-9-5-8-14(10-15)18(23)26-12-16-11-20-17(22-27-16)13-6-3-2-4-7-13/h2-10,16H,11-12H2,1H3,(H,20,22)(H,21,24)/t16-/m1/s1. The van der Waals surface area contributed by atoms with E-state index in [0.29, 0.717) is 23.6 Å². The molecule has 1 amide bonds. The predicted molar refractivity (Wildman–Crippen MR) is 98.6 cm³/mol. The minimum atomic E-state index is -0.616. The van der Waals surface area contributed by atoms with Crippen LogP contribution in [0.1, 0.15) is 15.9 Å². The maximum absolute atomic E-state index is 12.2. The first-order valence-corrected chi connectivity index (χ1v) is 8.29. The van der Waals surface area contributed by atoms with Crippen LogP contribution < -0.4 is 10.8 Å². The van der Waals surface area contributed by atoms with Crippen LogP contribution in [0.5, 0.6) is 0 Å². The first-order valence-electron chi connectivity index (χ1n) is 8.29. The van der Waals surface area contributed by atoms with Gasteiger partial charge in [0.1, 0.15) is 12.7 Å². The molecule has 0 saturated heterocycles. The Kier molecular flexibility index (Phi) is 6.01. The molecule has 0 fully saturated rings. The number of esters is 1. The lowest BCUT2D eigenvalue weighted by Gasteiger charge is -2.22. The zero-order chi connectivity index (χ0) is 19.1. The van der Waals surface area contributed by atoms with Gasteiger partial charge in [0.2, 0.25) is 0 Å². The van der Waals surface area contributed by atoms with Gasteiger partial charge in [0.05, 0.1) is 19.2 Å². The fourth-order valence-electron chi connectivity index (χ4n) is 2.38. The number of amidine groups is 1. The van der Waals surface area contributed by atoms with Crippen molar-refractivity contribution in [1.29, 1.82) is 0 Å². The number of aliphatic imine (C=N–C) groups is 1. The average Bonchev–Trinajstić information content (AvgIpc) is 2.73. The molecule has 8 heteroatoms. The van der Waals surface area contributed by atoms with Gasteiger partial charge in [-0.3, -0.25) is 15.1 Å². The van der Waals surface area contributed by atoms with Crippen LogP contribution in [-0.2, 0) is 14.3 Å². The van der Waals surface area contributed by atoms with Crippen LogP contribution in [0.15, 0.2) is 59.6 Å². The molecule has 0 radical (unpaired) electrons. The molecular weight excluding hydrogens is 350 g/mol. The summed E-state index contributed by atoms with van der Waals surface area (Å²) in [6.07, 6.45) is -1.01. The summed E-state index contributed by atoms with van der Waals surface area (Å²) >= 11 is 0. The van der Waals surface area contributed by atoms with Crippen LogP contribution in [-0.4, -0.2) is 44.3 Å². The van der Waals surface area contributed by atoms with Gasteiger partial charge in [-0.25, -0.2) is 15.1 Å². The smallest absolute Gasteiger partial charge is 0.411 e. The van der Waals surface area contributed by atoms with Crippen molar-refractivity contribution in [2.24, 2.45) is 4.99 Å². The molecule has 27 heavy (non-hydrogen) atoms. The van der Waals surface area contributed by atoms with Crippen molar-refractivity contribution in [1.82, 2.24) is 5.48 Å². The Hall–Kier alpha value is -3.39. The molecule has 8 nitrogen and oxygen atoms in total. The summed E-state index contributed by atoms with van der Waals surface area (Å²) in [6.45, 7) is 0.417. The molecule has 3 rings (SSSR count). The quantitative estimate of drug-likeness (QED) is 0.785. The molecule has 1 heterocycles. The number of hydrogen-bond donors (Lipinski definition) is 2. The van der Waals surface area contributed by atoms with Gasteiger partial charge in [0, 0.05) is 11.3 Å². The number of methoxy groups -OCH3 is 1. The summed E-state index contributed by atoms with van der Waals surface area (Å²) in [5.41, 5.74) is 4.44. The Morgan fingerprint density at radius 1 is 1.22 bits per heavy atom. The number of carbonyl (C=O) groups excluding carboxylic acids is 2. The molecule has 0 spiro atoms. The number of carbonyl (C=O) groups is 2. The number of nitrogens with zero attached hydrogens (tertiary/aromatic N) is 1. The number of rotatable bonds is 5. The first-order chi connectivity index (χ1) is 13.2. The van der Waals surface area contributed by atoms with Crippen LogP contribution >= 0.6 is 0 Å². The number of anilines is 1. The highest BCUT2D eigenvalue weighted by Crippen LogP contribution is 2.13. The van der Waals surface area contributed by atoms with E-state index < -0.39 is 18.2 Å². The van der Waals surface area contributed by atoms with E-state index in [1.807, 2.05) is 30.3 Å². The van der Waals surface area contributed by atoms with E-state index in [4.69, 9.17) is 9.57 Å². The third-order valence-corrected chi connectivity index (χ3v) is 3.75. The fourth-order valence-corrected chi connectivity index (χ4v) is 2.38. The van der Waals surface area contributed by atoms with Crippen molar-refractivity contribution in [2.75, 3.05) is 25.6 Å². The molecule has 140 valence electrons. The van der Waals surface area contributed by atoms with Gasteiger partial charge in [0.25, 0.3) is 0 Å². The molecule has 0 saturated carbocycles. The van der Waals surface area contributed by atoms with Gasteiger partial charge in [0.15, 0.2) is 5.84 Å². The number of benzene rings is 2. The van der Waals surface area contributed by atoms with Gasteiger partial charge in [-0.1, -0.05) is 36.4 Å². The van der Waals surface area contributed by atoms with Crippen LogP contribution in [0.25, 0.3) is 0 Å². The van der Waals surface area contributed by atoms with Crippen molar-refractivity contribution >= 4 is 23.6 Å². The van der Waals surface area contributed by atoms with Crippen molar-refractivity contribution in [3.8, 4) is 0 Å². The topological polar surface area (TPSA) is 98.2 Å². The number of amides is 1. The Morgan fingerprint density at radius 2 is 2.04 bits per heavy atom. The highest BCUT2D eigenvalue weighted by Gasteiger charge is 2.19. The summed E-state index contributed by atoms with van der Waals surface area (Å²) in [5, 5.41) is 2.49. The van der Waals surface area contributed by atoms with E-state index in [1.54, 1.807) is 18.2 Å². The molecule has 2 N–H and O–H groups in total. The molecule has 0 aromatic heterocycles. The molecule has 1 atom stereocenters. The zero-order valence-electron chi connectivity index (χ0n) is 14.7. The summed E-state index contributed by atoms with van der Waals surface area (Å²) in [5.74, 6) is 0.115. The molecular formula is C19H19N3O5. The molecule has 0 aliphatic carbocycles. The highest BCUT2D eigenvalue weighted by atomic mass is 16.7. The normalized spacial score (nSPS) is 15.9. The number of hydroxylamine groups is 1. The van der Waals surface area contributed by atoms with Gasteiger partial charge in [-0.2, -0.15) is 0 Å². The number of hydrogen-bond acceptors (Lipinski definition) is 7. The molecule has 1 aliphatic rings. The molecule has 0 unspecified atom stereocenters. The first kappa shape index (κ1) is 18.4. The average molecular weight is 369 g/mol. The lowest BCUT2D eigenvalue weighted by Crippen LogP contribution is -2.40. The third-order valence-electron chi connectivity index (χ3n) is 3.75. The summed E-state index contributed by atoms with van der Waals surface area (Å²) in [6, 6.07) is 16.0. The maximum atomic E-state index is 12.2. The second kappa shape index (κ2) is 8.81. The molecule has 2 aromatic carbocycles. The Balaban J connectivity index is 1.52. The second-order valence-corrected chi connectivity index (χ2v) is 5.69. The predicted octanol–water partition coefficient (Wildman–Crippen LogP) is 2.37. The molecule has 0 bridgehead atoms. The summed E-state index contributed by atoms with van der Waals surface area (Å²) < 4.78 is 9.80. The van der Waals surface area contributed by atoms with Crippen molar-refractivity contribution in [3.63, 3.8) is 0 Å². The Bertz CT molecular complexity index is 838. The summed E-state index contributed by atoms with van der Waals surface area (Å²) in [4.78, 5) is 33.3. The fraction of sp³-hybridized carbons (Fsp3) is 0.211. The SMILES string of the molecule is COC(=O)Nc1cccc(C(=O)OC[C@H]2CN=C(c3ccccc3)NO2)c1. The zero-order valence-corrected chi connectivity index (χ0v) is 14.7. The highest BCUT2D eigenvalue weighted by molar-refractivity contribution is 5.98. The van der Waals surface area contributed by atoms with Gasteiger partial charge >= 0.3 is 12.1 Å². The van der Waals surface area contributed by atoms with E-state index in [0.717, 1.165) is 5.56 Å². The van der Waals surface area contributed by atoms with Crippen molar-refractivity contribution in [2.45, 2.75) is 6.10 Å². The van der Waals surface area contributed by atoms with Gasteiger partial charge in [-0.05, 0) is 18.2 Å². The van der Waals surface area contributed by atoms with Crippen LogP contribution in [0.2, 0.25) is 0 Å². The van der Waals surface area contributed by atoms with Gasteiger partial charge in [-0.15, -0.1) is 0 Å². The third kappa shape index (κ3) is 5.05. The van der Waals surface area contributed by atoms with E-state index in [9.17, 15) is 9.59 Å². The van der Waals surface area contributed by atoms with Crippen LogP contribution in [0.4, 0.5) is 10.5 Å². The number of ether oxygens (including phenoxy) is 2. The maximum Gasteiger partial charge on any atom is 0.411 e. The van der Waals surface area contributed by atoms with Crippen molar-refractivity contribution < 1.29 is 23.9 Å². The van der Waals surface area contributed by atoms with E-state index in [1.165, 1.54) is 13.2 Å². The molecule has 1 aliphatic heterocycles. The lowest BCUT2D eigenvalue weighted by atomic mass is 10.2. The van der Waals surface area contributed by atoms with Crippen LogP contribution in [0.3, 0.4) is 0 Å². The van der Waals surface area contributed by atoms with Gasteiger partial charge < -0.3 is 9.47 Å².